The molecule has 7 nitrogen and oxygen atoms in total. The second-order valence-corrected chi connectivity index (χ2v) is 7.14. The van der Waals surface area contributed by atoms with Gasteiger partial charge in [-0.25, -0.2) is 0 Å². The molecule has 1 heterocycles. The van der Waals surface area contributed by atoms with E-state index in [1.807, 2.05) is 29.2 Å². The lowest BCUT2D eigenvalue weighted by Crippen LogP contribution is -2.49. The topological polar surface area (TPSA) is 82.1 Å². The number of aliphatic carboxylic acids is 1. The SMILES string of the molecule is CC(C)c1ccc(NC(=O)CN2CCOC(CN(C)CC(=O)O)C2)cc1. The first-order valence-corrected chi connectivity index (χ1v) is 8.97. The van der Waals surface area contributed by atoms with Crippen LogP contribution in [-0.2, 0) is 14.3 Å². The smallest absolute Gasteiger partial charge is 0.317 e. The first-order chi connectivity index (χ1) is 12.3. The van der Waals surface area contributed by atoms with E-state index in [0.29, 0.717) is 38.7 Å². The van der Waals surface area contributed by atoms with Crippen LogP contribution in [0.5, 0.6) is 0 Å². The number of carboxylic acids is 1. The molecule has 26 heavy (non-hydrogen) atoms. The third kappa shape index (κ3) is 6.74. The van der Waals surface area contributed by atoms with Crippen LogP contribution in [-0.4, -0.2) is 79.3 Å². The monoisotopic (exact) mass is 363 g/mol. The molecule has 1 unspecified atom stereocenters. The third-order valence-electron chi connectivity index (χ3n) is 4.37. The van der Waals surface area contributed by atoms with E-state index in [1.54, 1.807) is 11.9 Å². The Hall–Kier alpha value is -1.96. The predicted molar refractivity (Wildman–Crippen MR) is 100 cm³/mol. The zero-order valence-corrected chi connectivity index (χ0v) is 15.8. The molecule has 144 valence electrons. The number of carbonyl (C=O) groups excluding carboxylic acids is 1. The van der Waals surface area contributed by atoms with Crippen molar-refractivity contribution < 1.29 is 19.4 Å². The number of morpholine rings is 1. The van der Waals surface area contributed by atoms with Crippen molar-refractivity contribution >= 4 is 17.6 Å². The Balaban J connectivity index is 1.79. The average molecular weight is 363 g/mol. The normalized spacial score (nSPS) is 18.3. The average Bonchev–Trinajstić information content (AvgIpc) is 2.54. The standard InChI is InChI=1S/C19H29N3O4/c1-14(2)15-4-6-16(7-5-15)20-18(23)12-22-8-9-26-17(11-22)10-21(3)13-19(24)25/h4-7,14,17H,8-13H2,1-3H3,(H,20,23)(H,24,25). The summed E-state index contributed by atoms with van der Waals surface area (Å²) in [4.78, 5) is 26.8. The van der Waals surface area contributed by atoms with Crippen molar-refractivity contribution in [2.45, 2.75) is 25.9 Å². The van der Waals surface area contributed by atoms with E-state index >= 15 is 0 Å². The summed E-state index contributed by atoms with van der Waals surface area (Å²) in [5, 5.41) is 11.8. The molecule has 2 rings (SSSR count). The van der Waals surface area contributed by atoms with E-state index in [4.69, 9.17) is 9.84 Å². The Morgan fingerprint density at radius 1 is 1.35 bits per heavy atom. The fraction of sp³-hybridized carbons (Fsp3) is 0.579. The number of ether oxygens (including phenoxy) is 1. The molecule has 2 N–H and O–H groups in total. The molecule has 0 radical (unpaired) electrons. The molecule has 1 amide bonds. The van der Waals surface area contributed by atoms with E-state index < -0.39 is 5.97 Å². The van der Waals surface area contributed by atoms with Gasteiger partial charge in [0.05, 0.1) is 25.8 Å². The van der Waals surface area contributed by atoms with Crippen LogP contribution in [0.2, 0.25) is 0 Å². The molecule has 1 saturated heterocycles. The van der Waals surface area contributed by atoms with E-state index in [2.05, 4.69) is 19.2 Å². The summed E-state index contributed by atoms with van der Waals surface area (Å²) < 4.78 is 5.69. The van der Waals surface area contributed by atoms with Gasteiger partial charge in [-0.15, -0.1) is 0 Å². The van der Waals surface area contributed by atoms with Crippen molar-refractivity contribution in [3.63, 3.8) is 0 Å². The van der Waals surface area contributed by atoms with Crippen molar-refractivity contribution in [2.24, 2.45) is 0 Å². The van der Waals surface area contributed by atoms with Gasteiger partial charge in [-0.05, 0) is 30.7 Å². The Bertz CT molecular complexity index is 603. The van der Waals surface area contributed by atoms with Gasteiger partial charge >= 0.3 is 5.97 Å². The first kappa shape index (κ1) is 20.4. The maximum Gasteiger partial charge on any atom is 0.317 e. The van der Waals surface area contributed by atoms with Crippen molar-refractivity contribution in [3.8, 4) is 0 Å². The van der Waals surface area contributed by atoms with Crippen molar-refractivity contribution in [3.05, 3.63) is 29.8 Å². The Labute approximate surface area is 154 Å². The molecular formula is C19H29N3O4. The van der Waals surface area contributed by atoms with Gasteiger partial charge in [-0.2, -0.15) is 0 Å². The molecule has 0 spiro atoms. The molecule has 1 aromatic rings. The van der Waals surface area contributed by atoms with Crippen LogP contribution < -0.4 is 5.32 Å². The number of carbonyl (C=O) groups is 2. The number of nitrogens with zero attached hydrogens (tertiary/aromatic N) is 2. The van der Waals surface area contributed by atoms with Crippen molar-refractivity contribution in [1.82, 2.24) is 9.80 Å². The van der Waals surface area contributed by atoms with Crippen molar-refractivity contribution in [1.29, 1.82) is 0 Å². The van der Waals surface area contributed by atoms with Crippen LogP contribution in [0.1, 0.15) is 25.3 Å². The number of amides is 1. The summed E-state index contributed by atoms with van der Waals surface area (Å²) in [6, 6.07) is 7.92. The molecule has 0 saturated carbocycles. The lowest BCUT2D eigenvalue weighted by Gasteiger charge is -2.34. The fourth-order valence-corrected chi connectivity index (χ4v) is 3.03. The first-order valence-electron chi connectivity index (χ1n) is 8.97. The molecule has 0 bridgehead atoms. The largest absolute Gasteiger partial charge is 0.480 e. The number of hydrogen-bond acceptors (Lipinski definition) is 5. The van der Waals surface area contributed by atoms with Crippen LogP contribution in [0, 0.1) is 0 Å². The molecule has 1 atom stereocenters. The molecule has 7 heteroatoms. The minimum Gasteiger partial charge on any atom is -0.480 e. The highest BCUT2D eigenvalue weighted by Gasteiger charge is 2.23. The quantitative estimate of drug-likeness (QED) is 0.728. The second-order valence-electron chi connectivity index (χ2n) is 7.14. The summed E-state index contributed by atoms with van der Waals surface area (Å²) in [7, 11) is 1.75. The highest BCUT2D eigenvalue weighted by atomic mass is 16.5. The Morgan fingerprint density at radius 2 is 2.04 bits per heavy atom. The second kappa shape index (κ2) is 9.66. The predicted octanol–water partition coefficient (Wildman–Crippen LogP) is 1.47. The summed E-state index contributed by atoms with van der Waals surface area (Å²) >= 11 is 0. The van der Waals surface area contributed by atoms with Crippen LogP contribution in [0.25, 0.3) is 0 Å². The molecule has 1 fully saturated rings. The number of rotatable bonds is 8. The highest BCUT2D eigenvalue weighted by molar-refractivity contribution is 5.92. The Kier molecular flexibility index (Phi) is 7.56. The minimum absolute atomic E-state index is 0.0211. The Morgan fingerprint density at radius 3 is 2.65 bits per heavy atom. The van der Waals surface area contributed by atoms with Gasteiger partial charge < -0.3 is 15.2 Å². The van der Waals surface area contributed by atoms with E-state index in [9.17, 15) is 9.59 Å². The van der Waals surface area contributed by atoms with E-state index in [1.165, 1.54) is 5.56 Å². The zero-order chi connectivity index (χ0) is 19.1. The maximum atomic E-state index is 12.3. The van der Waals surface area contributed by atoms with Crippen LogP contribution >= 0.6 is 0 Å². The van der Waals surface area contributed by atoms with Gasteiger partial charge in [-0.1, -0.05) is 26.0 Å². The van der Waals surface area contributed by atoms with Gasteiger partial charge in [-0.3, -0.25) is 19.4 Å². The van der Waals surface area contributed by atoms with Crippen molar-refractivity contribution in [2.75, 3.05) is 51.7 Å². The summed E-state index contributed by atoms with van der Waals surface area (Å²) in [5.41, 5.74) is 2.04. The molecule has 0 aromatic heterocycles. The van der Waals surface area contributed by atoms with Gasteiger partial charge in [0.2, 0.25) is 5.91 Å². The number of nitrogens with one attached hydrogen (secondary N) is 1. The van der Waals surface area contributed by atoms with Gasteiger partial charge in [0.15, 0.2) is 0 Å². The fourth-order valence-electron chi connectivity index (χ4n) is 3.03. The summed E-state index contributed by atoms with van der Waals surface area (Å²) in [6.07, 6.45) is -0.0915. The van der Waals surface area contributed by atoms with Gasteiger partial charge in [0.1, 0.15) is 0 Å². The number of carboxylic acid groups (broad SMARTS) is 1. The van der Waals surface area contributed by atoms with Gasteiger partial charge in [0.25, 0.3) is 0 Å². The lowest BCUT2D eigenvalue weighted by molar-refractivity contribution is -0.138. The van der Waals surface area contributed by atoms with E-state index in [0.717, 1.165) is 5.69 Å². The zero-order valence-electron chi connectivity index (χ0n) is 15.8. The summed E-state index contributed by atoms with van der Waals surface area (Å²) in [6.45, 7) is 6.93. The van der Waals surface area contributed by atoms with Crippen LogP contribution in [0.15, 0.2) is 24.3 Å². The molecule has 1 aliphatic heterocycles. The third-order valence-corrected chi connectivity index (χ3v) is 4.37. The number of anilines is 1. The van der Waals surface area contributed by atoms with E-state index in [-0.39, 0.29) is 18.6 Å². The van der Waals surface area contributed by atoms with Gasteiger partial charge in [0, 0.05) is 25.3 Å². The molecule has 1 aromatic carbocycles. The van der Waals surface area contributed by atoms with Crippen LogP contribution in [0.3, 0.4) is 0 Å². The number of likely N-dealkylation sites (N-methyl/N-ethyl adjacent to an activating group) is 1. The summed E-state index contributed by atoms with van der Waals surface area (Å²) in [5.74, 6) is -0.450. The maximum absolute atomic E-state index is 12.3. The molecular weight excluding hydrogens is 334 g/mol. The lowest BCUT2D eigenvalue weighted by atomic mass is 10.0. The highest BCUT2D eigenvalue weighted by Crippen LogP contribution is 2.17. The molecule has 1 aliphatic rings. The number of benzene rings is 1. The molecule has 0 aliphatic carbocycles. The number of hydrogen-bond donors (Lipinski definition) is 2. The van der Waals surface area contributed by atoms with Crippen LogP contribution in [0.4, 0.5) is 5.69 Å². The minimum atomic E-state index is -0.858.